The van der Waals surface area contributed by atoms with Gasteiger partial charge in [0.05, 0.1) is 26.3 Å². The van der Waals surface area contributed by atoms with Crippen molar-refractivity contribution < 1.29 is 4.74 Å². The lowest BCUT2D eigenvalue weighted by atomic mass is 10.0. The zero-order valence-corrected chi connectivity index (χ0v) is 22.1. The lowest BCUT2D eigenvalue weighted by Gasteiger charge is -2.35. The van der Waals surface area contributed by atoms with Gasteiger partial charge in [-0.3, -0.25) is 4.90 Å². The van der Waals surface area contributed by atoms with Crippen LogP contribution in [0.2, 0.25) is 0 Å². The molecule has 0 aliphatic carbocycles. The minimum atomic E-state index is 0. The summed E-state index contributed by atoms with van der Waals surface area (Å²) in [6.45, 7) is 12.2. The van der Waals surface area contributed by atoms with Crippen LogP contribution in [-0.4, -0.2) is 64.5 Å². The largest absolute Gasteiger partial charge is 0.379 e. The van der Waals surface area contributed by atoms with E-state index in [1.54, 1.807) is 0 Å². The Morgan fingerprint density at radius 3 is 2.47 bits per heavy atom. The highest BCUT2D eigenvalue weighted by molar-refractivity contribution is 14.0. The van der Waals surface area contributed by atoms with Crippen molar-refractivity contribution in [2.24, 2.45) is 18.0 Å². The number of hydrogen-bond donors (Lipinski definition) is 2. The van der Waals surface area contributed by atoms with Gasteiger partial charge in [0.2, 0.25) is 0 Å². The molecule has 1 aliphatic rings. The van der Waals surface area contributed by atoms with Crippen molar-refractivity contribution in [1.29, 1.82) is 0 Å². The van der Waals surface area contributed by atoms with E-state index in [4.69, 9.17) is 9.73 Å². The lowest BCUT2D eigenvalue weighted by molar-refractivity contribution is 0.0132. The van der Waals surface area contributed by atoms with Crippen LogP contribution in [0.5, 0.6) is 0 Å². The van der Waals surface area contributed by atoms with Gasteiger partial charge in [0.1, 0.15) is 5.82 Å². The number of nitrogens with zero attached hydrogens (tertiary/aromatic N) is 5. The van der Waals surface area contributed by atoms with Gasteiger partial charge in [-0.05, 0) is 24.8 Å². The molecule has 1 aromatic heterocycles. The summed E-state index contributed by atoms with van der Waals surface area (Å²) in [5.41, 5.74) is 1.19. The van der Waals surface area contributed by atoms with Crippen molar-refractivity contribution in [3.63, 3.8) is 0 Å². The number of rotatable bonds is 9. The predicted octanol–water partition coefficient (Wildman–Crippen LogP) is 2.72. The molecule has 0 bridgehead atoms. The first kappa shape index (κ1) is 26.5. The molecule has 8 nitrogen and oxygen atoms in total. The van der Waals surface area contributed by atoms with Gasteiger partial charge in [-0.25, -0.2) is 4.99 Å². The van der Waals surface area contributed by atoms with Gasteiger partial charge in [0, 0.05) is 32.7 Å². The molecule has 0 spiro atoms. The summed E-state index contributed by atoms with van der Waals surface area (Å²) >= 11 is 0. The Labute approximate surface area is 209 Å². The first-order valence-electron chi connectivity index (χ1n) is 11.3. The van der Waals surface area contributed by atoms with E-state index in [0.29, 0.717) is 25.0 Å². The molecule has 1 atom stereocenters. The average molecular weight is 556 g/mol. The van der Waals surface area contributed by atoms with Crippen LogP contribution < -0.4 is 10.6 Å². The zero-order valence-electron chi connectivity index (χ0n) is 19.8. The second kappa shape index (κ2) is 13.7. The number of aromatic nitrogens is 3. The van der Waals surface area contributed by atoms with Crippen molar-refractivity contribution >= 4 is 29.9 Å². The minimum absolute atomic E-state index is 0. The zero-order chi connectivity index (χ0) is 22.1. The van der Waals surface area contributed by atoms with E-state index in [1.165, 1.54) is 5.56 Å². The quantitative estimate of drug-likeness (QED) is 0.282. The summed E-state index contributed by atoms with van der Waals surface area (Å²) < 4.78 is 7.55. The molecular formula is C23H38IN7O. The molecule has 1 unspecified atom stereocenters. The lowest BCUT2D eigenvalue weighted by Crippen LogP contribution is -2.51. The number of hydrogen-bond acceptors (Lipinski definition) is 5. The molecule has 2 aromatic rings. The van der Waals surface area contributed by atoms with Gasteiger partial charge in [0.15, 0.2) is 11.8 Å². The Balaban J connectivity index is 0.00000363. The maximum Gasteiger partial charge on any atom is 0.192 e. The molecule has 2 N–H and O–H groups in total. The third-order valence-corrected chi connectivity index (χ3v) is 5.67. The van der Waals surface area contributed by atoms with Gasteiger partial charge in [0.25, 0.3) is 0 Å². The van der Waals surface area contributed by atoms with Crippen molar-refractivity contribution in [3.8, 4) is 0 Å². The fourth-order valence-electron chi connectivity index (χ4n) is 3.76. The van der Waals surface area contributed by atoms with E-state index in [9.17, 15) is 0 Å². The molecule has 178 valence electrons. The third-order valence-electron chi connectivity index (χ3n) is 5.67. The molecule has 2 heterocycles. The van der Waals surface area contributed by atoms with Gasteiger partial charge in [-0.15, -0.1) is 34.2 Å². The van der Waals surface area contributed by atoms with Gasteiger partial charge in [-0.2, -0.15) is 0 Å². The highest BCUT2D eigenvalue weighted by atomic mass is 127. The molecule has 1 aromatic carbocycles. The topological polar surface area (TPSA) is 79.6 Å². The van der Waals surface area contributed by atoms with Crippen molar-refractivity contribution in [3.05, 3.63) is 47.5 Å². The van der Waals surface area contributed by atoms with Gasteiger partial charge >= 0.3 is 0 Å². The van der Waals surface area contributed by atoms with E-state index < -0.39 is 0 Å². The molecule has 9 heteroatoms. The summed E-state index contributed by atoms with van der Waals surface area (Å²) in [6, 6.07) is 10.8. The third kappa shape index (κ3) is 8.32. The van der Waals surface area contributed by atoms with Crippen LogP contribution in [-0.2, 0) is 24.9 Å². The van der Waals surface area contributed by atoms with Crippen LogP contribution in [0.25, 0.3) is 0 Å². The SMILES string of the molecule is Cc1nnc(CNC(=NCc2ccccc2)NCC(CC(C)C)N2CCOCC2)n1C.I. The molecular weight excluding hydrogens is 517 g/mol. The maximum absolute atomic E-state index is 5.56. The Kier molecular flexibility index (Phi) is 11.4. The molecule has 1 aliphatic heterocycles. The minimum Gasteiger partial charge on any atom is -0.379 e. The van der Waals surface area contributed by atoms with Crippen LogP contribution in [0.3, 0.4) is 0 Å². The van der Waals surface area contributed by atoms with Gasteiger partial charge in [-0.1, -0.05) is 44.2 Å². The molecule has 32 heavy (non-hydrogen) atoms. The summed E-state index contributed by atoms with van der Waals surface area (Å²) in [6.07, 6.45) is 1.14. The number of aliphatic imine (C=N–C) groups is 1. The number of nitrogens with one attached hydrogen (secondary N) is 2. The van der Waals surface area contributed by atoms with E-state index in [0.717, 1.165) is 56.9 Å². The van der Waals surface area contributed by atoms with Crippen LogP contribution in [0.15, 0.2) is 35.3 Å². The van der Waals surface area contributed by atoms with Gasteiger partial charge < -0.3 is 19.9 Å². The van der Waals surface area contributed by atoms with Crippen LogP contribution in [0.1, 0.15) is 37.5 Å². The van der Waals surface area contributed by atoms with Crippen LogP contribution >= 0.6 is 24.0 Å². The molecule has 0 radical (unpaired) electrons. The summed E-state index contributed by atoms with van der Waals surface area (Å²) in [5.74, 6) is 3.22. The molecule has 1 saturated heterocycles. The number of ether oxygens (including phenoxy) is 1. The molecule has 0 saturated carbocycles. The van der Waals surface area contributed by atoms with E-state index in [1.807, 2.05) is 36.7 Å². The Morgan fingerprint density at radius 1 is 1.12 bits per heavy atom. The number of halogens is 1. The first-order valence-corrected chi connectivity index (χ1v) is 11.3. The number of morpholine rings is 1. The number of guanidine groups is 1. The number of aryl methyl sites for hydroxylation is 1. The Bertz CT molecular complexity index is 819. The molecule has 0 amide bonds. The van der Waals surface area contributed by atoms with E-state index in [-0.39, 0.29) is 24.0 Å². The Hall–Kier alpha value is -1.72. The fraction of sp³-hybridized carbons (Fsp3) is 0.609. The summed E-state index contributed by atoms with van der Waals surface area (Å²) in [5, 5.41) is 15.4. The fourth-order valence-corrected chi connectivity index (χ4v) is 3.76. The predicted molar refractivity (Wildman–Crippen MR) is 139 cm³/mol. The van der Waals surface area contributed by atoms with Crippen molar-refractivity contribution in [2.75, 3.05) is 32.8 Å². The van der Waals surface area contributed by atoms with Crippen LogP contribution in [0.4, 0.5) is 0 Å². The summed E-state index contributed by atoms with van der Waals surface area (Å²) in [7, 11) is 1.98. The van der Waals surface area contributed by atoms with E-state index >= 15 is 0 Å². The smallest absolute Gasteiger partial charge is 0.192 e. The average Bonchev–Trinajstić information content (AvgIpc) is 3.11. The highest BCUT2D eigenvalue weighted by Crippen LogP contribution is 2.13. The first-order chi connectivity index (χ1) is 15.0. The monoisotopic (exact) mass is 555 g/mol. The molecule has 1 fully saturated rings. The second-order valence-electron chi connectivity index (χ2n) is 8.54. The Morgan fingerprint density at radius 2 is 1.84 bits per heavy atom. The standard InChI is InChI=1S/C23H37N7O.HI/c1-18(2)14-21(30-10-12-31-13-11-30)16-25-23(24-15-20-8-6-5-7-9-20)26-17-22-28-27-19(3)29(22)4;/h5-9,18,21H,10-17H2,1-4H3,(H2,24,25,26);1H. The maximum atomic E-state index is 5.56. The molecule has 3 rings (SSSR count). The normalized spacial score (nSPS) is 16.0. The summed E-state index contributed by atoms with van der Waals surface area (Å²) in [4.78, 5) is 7.37. The van der Waals surface area contributed by atoms with Crippen LogP contribution in [0, 0.1) is 12.8 Å². The second-order valence-corrected chi connectivity index (χ2v) is 8.54. The van der Waals surface area contributed by atoms with Crippen molar-refractivity contribution in [1.82, 2.24) is 30.3 Å². The number of benzene rings is 1. The highest BCUT2D eigenvalue weighted by Gasteiger charge is 2.22. The van der Waals surface area contributed by atoms with Crippen molar-refractivity contribution in [2.45, 2.75) is 46.3 Å². The van der Waals surface area contributed by atoms with E-state index in [2.05, 4.69) is 51.7 Å².